The topological polar surface area (TPSA) is 78.4 Å². The van der Waals surface area contributed by atoms with Gasteiger partial charge in [-0.25, -0.2) is 0 Å². The van der Waals surface area contributed by atoms with Gasteiger partial charge in [-0.15, -0.1) is 10.2 Å². The van der Waals surface area contributed by atoms with Crippen molar-refractivity contribution in [3.8, 4) is 17.0 Å². The quantitative estimate of drug-likeness (QED) is 0.593. The summed E-state index contributed by atoms with van der Waals surface area (Å²) in [4.78, 5) is 12.7. The van der Waals surface area contributed by atoms with E-state index in [4.69, 9.17) is 0 Å². The maximum Gasteiger partial charge on any atom is 0.151 e. The minimum Gasteiger partial charge on any atom is -0.507 e. The third-order valence-electron chi connectivity index (χ3n) is 5.39. The van der Waals surface area contributed by atoms with Gasteiger partial charge in [0.25, 0.3) is 0 Å². The number of carbonyl (C=O) groups is 1. The molecule has 0 spiro atoms. The van der Waals surface area contributed by atoms with Crippen LogP contribution in [-0.2, 0) is 4.79 Å². The number of aromatic nitrogens is 2. The summed E-state index contributed by atoms with van der Waals surface area (Å²) >= 11 is 0. The second-order valence-corrected chi connectivity index (χ2v) is 9.11. The fourth-order valence-corrected chi connectivity index (χ4v) is 4.41. The van der Waals surface area contributed by atoms with Crippen LogP contribution in [-0.4, -0.2) is 45.8 Å². The van der Waals surface area contributed by atoms with E-state index in [-0.39, 0.29) is 16.8 Å². The van der Waals surface area contributed by atoms with Crippen LogP contribution in [0.3, 0.4) is 0 Å². The van der Waals surface area contributed by atoms with Gasteiger partial charge < -0.3 is 15.3 Å². The summed E-state index contributed by atoms with van der Waals surface area (Å²) < 4.78 is 0. The van der Waals surface area contributed by atoms with Crippen molar-refractivity contribution in [2.24, 2.45) is 0 Å². The molecular weight excluding hydrogens is 364 g/mol. The minimum absolute atomic E-state index is 0.0554. The smallest absolute Gasteiger partial charge is 0.151 e. The molecule has 1 saturated heterocycles. The molecule has 1 aliphatic heterocycles. The molecule has 0 unspecified atom stereocenters. The number of rotatable bonds is 5. The maximum absolute atomic E-state index is 10.4. The number of hydrogen-bond donors (Lipinski definition) is 2. The van der Waals surface area contributed by atoms with E-state index >= 15 is 0 Å². The van der Waals surface area contributed by atoms with Gasteiger partial charge in [-0.1, -0.05) is 12.1 Å². The summed E-state index contributed by atoms with van der Waals surface area (Å²) in [5.41, 5.74) is 2.08. The number of nitrogens with one attached hydrogen (secondary N) is 1. The van der Waals surface area contributed by atoms with Crippen molar-refractivity contribution in [2.75, 3.05) is 11.9 Å². The molecular formula is C23H30N4O2. The number of phenols is 1. The summed E-state index contributed by atoms with van der Waals surface area (Å²) in [6.07, 6.45) is 5.78. The molecule has 3 rings (SSSR count). The molecule has 1 aromatic carbocycles. The van der Waals surface area contributed by atoms with E-state index in [1.54, 1.807) is 18.2 Å². The summed E-state index contributed by atoms with van der Waals surface area (Å²) in [6.45, 7) is 8.95. The molecule has 0 saturated carbocycles. The number of phenolic OH excluding ortho intramolecular Hbond substituents is 1. The van der Waals surface area contributed by atoms with Crippen LogP contribution in [0.5, 0.6) is 5.75 Å². The molecule has 1 aromatic heterocycles. The zero-order valence-corrected chi connectivity index (χ0v) is 17.8. The Labute approximate surface area is 172 Å². The van der Waals surface area contributed by atoms with Gasteiger partial charge in [0.05, 0.1) is 5.69 Å². The van der Waals surface area contributed by atoms with Gasteiger partial charge in [0.2, 0.25) is 0 Å². The van der Waals surface area contributed by atoms with Crippen molar-refractivity contribution in [1.29, 1.82) is 0 Å². The van der Waals surface area contributed by atoms with Crippen LogP contribution >= 0.6 is 0 Å². The van der Waals surface area contributed by atoms with E-state index in [1.807, 2.05) is 18.2 Å². The van der Waals surface area contributed by atoms with Gasteiger partial charge in [0, 0.05) is 29.7 Å². The van der Waals surface area contributed by atoms with Gasteiger partial charge in [-0.2, -0.15) is 0 Å². The average Bonchev–Trinajstić information content (AvgIpc) is 2.63. The van der Waals surface area contributed by atoms with Crippen molar-refractivity contribution < 1.29 is 9.90 Å². The van der Waals surface area contributed by atoms with E-state index in [2.05, 4.69) is 55.2 Å². The Balaban J connectivity index is 1.79. The molecule has 29 heavy (non-hydrogen) atoms. The monoisotopic (exact) mass is 394 g/mol. The number of allylic oxidation sites excluding steroid dienone is 1. The molecule has 6 nitrogen and oxygen atoms in total. The molecule has 154 valence electrons. The minimum atomic E-state index is 0.0554. The Morgan fingerprint density at radius 2 is 1.79 bits per heavy atom. The van der Waals surface area contributed by atoms with Crippen LogP contribution in [0.25, 0.3) is 17.3 Å². The van der Waals surface area contributed by atoms with Crippen molar-refractivity contribution in [3.05, 3.63) is 42.0 Å². The van der Waals surface area contributed by atoms with E-state index in [9.17, 15) is 9.90 Å². The molecule has 6 heteroatoms. The number of benzene rings is 1. The number of hydrogen-bond acceptors (Lipinski definition) is 6. The predicted octanol–water partition coefficient (Wildman–Crippen LogP) is 3.81. The van der Waals surface area contributed by atoms with Gasteiger partial charge in [-0.05, 0) is 76.4 Å². The van der Waals surface area contributed by atoms with Crippen LogP contribution in [0.15, 0.2) is 36.4 Å². The summed E-state index contributed by atoms with van der Waals surface area (Å²) in [7, 11) is 2.07. The van der Waals surface area contributed by atoms with Crippen LogP contribution in [0.1, 0.15) is 46.1 Å². The fourth-order valence-electron chi connectivity index (χ4n) is 4.41. The lowest BCUT2D eigenvalue weighted by molar-refractivity contribution is -0.104. The lowest BCUT2D eigenvalue weighted by Crippen LogP contribution is -2.62. The highest BCUT2D eigenvalue weighted by atomic mass is 16.3. The largest absolute Gasteiger partial charge is 0.507 e. The Bertz CT molecular complexity index is 888. The van der Waals surface area contributed by atoms with Gasteiger partial charge >= 0.3 is 0 Å². The van der Waals surface area contributed by atoms with Crippen LogP contribution in [0.2, 0.25) is 0 Å². The number of carbonyl (C=O) groups excluding carboxylic acids is 1. The van der Waals surface area contributed by atoms with Gasteiger partial charge in [0.15, 0.2) is 5.82 Å². The first-order chi connectivity index (χ1) is 13.6. The van der Waals surface area contributed by atoms with Crippen LogP contribution in [0.4, 0.5) is 5.82 Å². The number of aldehydes is 1. The highest BCUT2D eigenvalue weighted by molar-refractivity contribution is 5.76. The molecule has 1 aliphatic rings. The zero-order chi connectivity index (χ0) is 21.2. The van der Waals surface area contributed by atoms with Gasteiger partial charge in [-0.3, -0.25) is 4.79 Å². The normalized spacial score (nSPS) is 18.7. The standard InChI is InChI=1S/C23H30N4O2/c1-22(2)14-17(15-23(3,4)26-22)27(5)21-11-10-19(24-25-21)18-9-8-16(7-6-12-28)13-20(18)29/h6-13,17,26,29H,14-15H2,1-5H3/b7-6+. The van der Waals surface area contributed by atoms with Crippen molar-refractivity contribution in [2.45, 2.75) is 57.7 Å². The first-order valence-electron chi connectivity index (χ1n) is 9.91. The maximum atomic E-state index is 10.4. The number of aromatic hydroxyl groups is 1. The van der Waals surface area contributed by atoms with E-state index in [0.717, 1.165) is 24.2 Å². The summed E-state index contributed by atoms with van der Waals surface area (Å²) in [5, 5.41) is 22.8. The lowest BCUT2D eigenvalue weighted by Gasteiger charge is -2.49. The average molecular weight is 395 g/mol. The Morgan fingerprint density at radius 3 is 2.34 bits per heavy atom. The predicted molar refractivity (Wildman–Crippen MR) is 117 cm³/mol. The first-order valence-corrected chi connectivity index (χ1v) is 9.91. The van der Waals surface area contributed by atoms with Gasteiger partial charge in [0.1, 0.15) is 12.0 Å². The van der Waals surface area contributed by atoms with Crippen LogP contribution in [0, 0.1) is 0 Å². The molecule has 2 aromatic rings. The molecule has 1 fully saturated rings. The first kappa shape index (κ1) is 21.0. The van der Waals surface area contributed by atoms with Crippen molar-refractivity contribution in [1.82, 2.24) is 15.5 Å². The highest BCUT2D eigenvalue weighted by Gasteiger charge is 2.39. The lowest BCUT2D eigenvalue weighted by atomic mass is 9.79. The van der Waals surface area contributed by atoms with E-state index < -0.39 is 0 Å². The van der Waals surface area contributed by atoms with E-state index in [0.29, 0.717) is 23.6 Å². The third kappa shape index (κ3) is 5.01. The second kappa shape index (κ2) is 7.95. The Hall–Kier alpha value is -2.73. The fraction of sp³-hybridized carbons (Fsp3) is 0.435. The molecule has 2 heterocycles. The zero-order valence-electron chi connectivity index (χ0n) is 17.8. The van der Waals surface area contributed by atoms with Crippen LogP contribution < -0.4 is 10.2 Å². The second-order valence-electron chi connectivity index (χ2n) is 9.11. The third-order valence-corrected chi connectivity index (χ3v) is 5.39. The van der Waals surface area contributed by atoms with Crippen molar-refractivity contribution in [3.63, 3.8) is 0 Å². The Kier molecular flexibility index (Phi) is 5.75. The molecule has 0 radical (unpaired) electrons. The Morgan fingerprint density at radius 1 is 1.10 bits per heavy atom. The van der Waals surface area contributed by atoms with Crippen molar-refractivity contribution >= 4 is 18.2 Å². The summed E-state index contributed by atoms with van der Waals surface area (Å²) in [5.74, 6) is 0.924. The molecule has 0 bridgehead atoms. The molecule has 0 atom stereocenters. The number of piperidine rings is 1. The summed E-state index contributed by atoms with van der Waals surface area (Å²) in [6, 6.07) is 9.41. The molecule has 2 N–H and O–H groups in total. The highest BCUT2D eigenvalue weighted by Crippen LogP contribution is 2.33. The van der Waals surface area contributed by atoms with E-state index in [1.165, 1.54) is 6.08 Å². The molecule has 0 aliphatic carbocycles. The molecule has 0 amide bonds. The SMILES string of the molecule is CN(c1ccc(-c2ccc(/C=C/C=O)cc2O)nn1)C1CC(C)(C)NC(C)(C)C1. The number of anilines is 1. The number of nitrogens with zero attached hydrogens (tertiary/aromatic N) is 3.